The van der Waals surface area contributed by atoms with Gasteiger partial charge in [-0.1, -0.05) is 42.0 Å². The van der Waals surface area contributed by atoms with Crippen LogP contribution in [0, 0.1) is 6.92 Å². The molecule has 27 heavy (non-hydrogen) atoms. The molecule has 2 aromatic carbocycles. The van der Waals surface area contributed by atoms with E-state index in [9.17, 15) is 9.59 Å². The Kier molecular flexibility index (Phi) is 5.88. The van der Waals surface area contributed by atoms with Crippen LogP contribution in [-0.4, -0.2) is 32.9 Å². The van der Waals surface area contributed by atoms with E-state index in [2.05, 4.69) is 0 Å². The number of carbonyl (C=O) groups excluding carboxylic acids is 1. The van der Waals surface area contributed by atoms with Crippen LogP contribution in [0.15, 0.2) is 57.7 Å². The number of ether oxygens (including phenoxy) is 3. The number of benzene rings is 2. The van der Waals surface area contributed by atoms with E-state index in [1.807, 2.05) is 43.3 Å². The van der Waals surface area contributed by atoms with Crippen molar-refractivity contribution in [3.8, 4) is 17.1 Å². The molecule has 6 heteroatoms. The molecule has 0 unspecified atom stereocenters. The number of fused-ring (bicyclic) bond motifs is 1. The van der Waals surface area contributed by atoms with Gasteiger partial charge in [0.1, 0.15) is 12.2 Å². The first kappa shape index (κ1) is 18.7. The van der Waals surface area contributed by atoms with Crippen molar-refractivity contribution < 1.29 is 23.4 Å². The van der Waals surface area contributed by atoms with Crippen LogP contribution in [0.5, 0.6) is 5.75 Å². The number of hydrogen-bond donors (Lipinski definition) is 0. The Morgan fingerprint density at radius 3 is 2.59 bits per heavy atom. The topological polar surface area (TPSA) is 75.0 Å². The van der Waals surface area contributed by atoms with Crippen LogP contribution in [0.2, 0.25) is 0 Å². The summed E-state index contributed by atoms with van der Waals surface area (Å²) in [5, 5.41) is 0.400. The van der Waals surface area contributed by atoms with Gasteiger partial charge in [-0.3, -0.25) is 4.79 Å². The second-order valence-corrected chi connectivity index (χ2v) is 5.96. The molecular weight excluding hydrogens is 348 g/mol. The van der Waals surface area contributed by atoms with Gasteiger partial charge in [0.15, 0.2) is 12.4 Å². The number of hydrogen-bond acceptors (Lipinski definition) is 6. The highest BCUT2D eigenvalue weighted by Crippen LogP contribution is 2.31. The van der Waals surface area contributed by atoms with Crippen LogP contribution in [0.4, 0.5) is 0 Å². The lowest BCUT2D eigenvalue weighted by atomic mass is 10.1. The fraction of sp³-hybridized carbons (Fsp3) is 0.238. The van der Waals surface area contributed by atoms with Gasteiger partial charge in [0.05, 0.1) is 12.0 Å². The molecule has 0 saturated heterocycles. The van der Waals surface area contributed by atoms with Crippen LogP contribution in [0.3, 0.4) is 0 Å². The van der Waals surface area contributed by atoms with E-state index >= 15 is 0 Å². The maximum absolute atomic E-state index is 13.0. The zero-order valence-corrected chi connectivity index (χ0v) is 15.2. The van der Waals surface area contributed by atoms with Gasteiger partial charge in [-0.2, -0.15) is 0 Å². The van der Waals surface area contributed by atoms with Crippen molar-refractivity contribution in [1.29, 1.82) is 0 Å². The first-order chi connectivity index (χ1) is 13.1. The molecule has 3 aromatic rings. The number of methoxy groups -OCH3 is 1. The smallest absolute Gasteiger partial charge is 0.344 e. The van der Waals surface area contributed by atoms with Gasteiger partial charge in [-0.15, -0.1) is 0 Å². The fourth-order valence-electron chi connectivity index (χ4n) is 2.61. The highest BCUT2D eigenvalue weighted by atomic mass is 16.6. The van der Waals surface area contributed by atoms with Gasteiger partial charge in [-0.25, -0.2) is 4.79 Å². The lowest BCUT2D eigenvalue weighted by Gasteiger charge is -2.12. The molecule has 1 aromatic heterocycles. The number of aryl methyl sites for hydroxylation is 1. The molecule has 0 aliphatic heterocycles. The largest absolute Gasteiger partial charge is 0.474 e. The van der Waals surface area contributed by atoms with Gasteiger partial charge in [0.2, 0.25) is 11.2 Å². The third kappa shape index (κ3) is 4.35. The van der Waals surface area contributed by atoms with Gasteiger partial charge < -0.3 is 18.6 Å². The molecule has 0 N–H and O–H groups in total. The summed E-state index contributed by atoms with van der Waals surface area (Å²) in [7, 11) is 1.51. The molecule has 0 bridgehead atoms. The molecule has 0 aliphatic rings. The average Bonchev–Trinajstić information content (AvgIpc) is 2.68. The predicted molar refractivity (Wildman–Crippen MR) is 101 cm³/mol. The van der Waals surface area contributed by atoms with E-state index in [0.717, 1.165) is 5.56 Å². The lowest BCUT2D eigenvalue weighted by molar-refractivity contribution is -0.147. The predicted octanol–water partition coefficient (Wildman–Crippen LogP) is 3.34. The molecule has 0 atom stereocenters. The van der Waals surface area contributed by atoms with E-state index in [1.54, 1.807) is 12.1 Å². The summed E-state index contributed by atoms with van der Waals surface area (Å²) in [4.78, 5) is 24.8. The zero-order chi connectivity index (χ0) is 19.2. The molecule has 1 heterocycles. The van der Waals surface area contributed by atoms with Crippen molar-refractivity contribution >= 4 is 16.9 Å². The first-order valence-corrected chi connectivity index (χ1v) is 8.50. The molecule has 0 radical (unpaired) electrons. The molecule has 0 amide bonds. The maximum atomic E-state index is 13.0. The van der Waals surface area contributed by atoms with E-state index in [0.29, 0.717) is 23.1 Å². The summed E-state index contributed by atoms with van der Waals surface area (Å²) >= 11 is 0. The summed E-state index contributed by atoms with van der Waals surface area (Å²) in [6.07, 6.45) is 0. The van der Waals surface area contributed by atoms with Gasteiger partial charge >= 0.3 is 5.97 Å². The second-order valence-electron chi connectivity index (χ2n) is 5.96. The third-order valence-corrected chi connectivity index (χ3v) is 3.93. The van der Waals surface area contributed by atoms with Crippen LogP contribution in [0.25, 0.3) is 22.3 Å². The number of esters is 1. The fourth-order valence-corrected chi connectivity index (χ4v) is 2.61. The Balaban J connectivity index is 1.99. The molecule has 140 valence electrons. The van der Waals surface area contributed by atoms with Crippen molar-refractivity contribution in [3.05, 3.63) is 64.3 Å². The zero-order valence-electron chi connectivity index (χ0n) is 15.2. The van der Waals surface area contributed by atoms with Crippen molar-refractivity contribution in [1.82, 2.24) is 0 Å². The van der Waals surface area contributed by atoms with Gasteiger partial charge in [0.25, 0.3) is 0 Å². The second kappa shape index (κ2) is 8.51. The van der Waals surface area contributed by atoms with Crippen molar-refractivity contribution in [2.24, 2.45) is 0 Å². The normalized spacial score (nSPS) is 10.7. The summed E-state index contributed by atoms with van der Waals surface area (Å²) in [6.45, 7) is 1.90. The van der Waals surface area contributed by atoms with Crippen LogP contribution >= 0.6 is 0 Å². The third-order valence-electron chi connectivity index (χ3n) is 3.93. The number of carbonyl (C=O) groups is 1. The van der Waals surface area contributed by atoms with Crippen LogP contribution in [-0.2, 0) is 14.3 Å². The summed E-state index contributed by atoms with van der Waals surface area (Å²) in [5.41, 5.74) is 1.73. The quantitative estimate of drug-likeness (QED) is 0.470. The van der Waals surface area contributed by atoms with Crippen molar-refractivity contribution in [2.75, 3.05) is 26.9 Å². The Labute approximate surface area is 156 Å². The van der Waals surface area contributed by atoms with Crippen molar-refractivity contribution in [3.63, 3.8) is 0 Å². The molecule has 3 rings (SSSR count). The summed E-state index contributed by atoms with van der Waals surface area (Å²) in [5.74, 6) is -0.320. The van der Waals surface area contributed by atoms with Crippen LogP contribution < -0.4 is 10.2 Å². The Morgan fingerprint density at radius 2 is 1.85 bits per heavy atom. The summed E-state index contributed by atoms with van der Waals surface area (Å²) in [6, 6.07) is 14.5. The van der Waals surface area contributed by atoms with Gasteiger partial charge in [0, 0.05) is 12.7 Å². The Bertz CT molecular complexity index is 991. The van der Waals surface area contributed by atoms with Crippen molar-refractivity contribution in [2.45, 2.75) is 6.92 Å². The standard InChI is InChI=1S/C21H20O6/c1-14-8-9-17-16(12-14)19(23)21(26-13-18(22)25-11-10-24-2)20(27-17)15-6-4-3-5-7-15/h3-9,12H,10-11,13H2,1-2H3. The highest BCUT2D eigenvalue weighted by Gasteiger charge is 2.19. The Morgan fingerprint density at radius 1 is 1.07 bits per heavy atom. The molecule has 6 nitrogen and oxygen atoms in total. The molecule has 0 aliphatic carbocycles. The Hall–Kier alpha value is -3.12. The molecule has 0 saturated carbocycles. The number of rotatable bonds is 7. The van der Waals surface area contributed by atoms with Gasteiger partial charge in [-0.05, 0) is 19.1 Å². The minimum Gasteiger partial charge on any atom is -0.474 e. The van der Waals surface area contributed by atoms with E-state index in [4.69, 9.17) is 18.6 Å². The first-order valence-electron chi connectivity index (χ1n) is 8.50. The van der Waals surface area contributed by atoms with E-state index in [-0.39, 0.29) is 23.5 Å². The molecular formula is C21H20O6. The SMILES string of the molecule is COCCOC(=O)COc1c(-c2ccccc2)oc2ccc(C)cc2c1=O. The van der Waals surface area contributed by atoms with Crippen LogP contribution in [0.1, 0.15) is 5.56 Å². The molecule has 0 spiro atoms. The minimum absolute atomic E-state index is 0.0111. The molecule has 0 fully saturated rings. The lowest BCUT2D eigenvalue weighted by Crippen LogP contribution is -2.20. The summed E-state index contributed by atoms with van der Waals surface area (Å²) < 4.78 is 21.3. The average molecular weight is 368 g/mol. The maximum Gasteiger partial charge on any atom is 0.344 e. The van der Waals surface area contributed by atoms with E-state index in [1.165, 1.54) is 7.11 Å². The minimum atomic E-state index is -0.588. The van der Waals surface area contributed by atoms with E-state index < -0.39 is 12.6 Å². The highest BCUT2D eigenvalue weighted by molar-refractivity contribution is 5.83. The monoisotopic (exact) mass is 368 g/mol.